The average molecular weight is 740 g/mol. The Bertz CT molecular complexity index is 3380. The van der Waals surface area contributed by atoms with Crippen molar-refractivity contribution >= 4 is 71.3 Å². The Morgan fingerprint density at radius 3 is 1.66 bits per heavy atom. The molecule has 272 valence electrons. The van der Waals surface area contributed by atoms with Crippen LogP contribution in [0.15, 0.2) is 211 Å². The number of fused-ring (bicyclic) bond motifs is 12. The van der Waals surface area contributed by atoms with E-state index >= 15 is 0 Å². The van der Waals surface area contributed by atoms with Crippen LogP contribution < -0.4 is 4.90 Å². The number of rotatable bonds is 5. The van der Waals surface area contributed by atoms with Crippen molar-refractivity contribution in [3.8, 4) is 22.3 Å². The molecule has 1 aliphatic rings. The predicted molar refractivity (Wildman–Crippen MR) is 244 cm³/mol. The minimum atomic E-state index is -0.317. The molecule has 58 heavy (non-hydrogen) atoms. The van der Waals surface area contributed by atoms with E-state index in [0.29, 0.717) is 0 Å². The van der Waals surface area contributed by atoms with E-state index in [0.717, 1.165) is 50.1 Å². The zero-order valence-electron chi connectivity index (χ0n) is 32.0. The van der Waals surface area contributed by atoms with Gasteiger partial charge in [0.25, 0.3) is 0 Å². The lowest BCUT2D eigenvalue weighted by Crippen LogP contribution is -2.22. The highest BCUT2D eigenvalue weighted by Gasteiger charge is 2.41. The number of para-hydroxylation sites is 2. The van der Waals surface area contributed by atoms with Crippen LogP contribution in [0, 0.1) is 0 Å². The van der Waals surface area contributed by atoms with E-state index in [4.69, 9.17) is 4.42 Å². The molecule has 2 heteroatoms. The van der Waals surface area contributed by atoms with Gasteiger partial charge in [-0.15, -0.1) is 0 Å². The van der Waals surface area contributed by atoms with E-state index in [1.165, 1.54) is 60.1 Å². The maximum atomic E-state index is 6.48. The Morgan fingerprint density at radius 2 is 0.897 bits per heavy atom. The van der Waals surface area contributed by atoms with Crippen molar-refractivity contribution in [1.82, 2.24) is 0 Å². The van der Waals surface area contributed by atoms with Gasteiger partial charge in [-0.3, -0.25) is 0 Å². The van der Waals surface area contributed by atoms with Gasteiger partial charge in [0.05, 0.1) is 0 Å². The monoisotopic (exact) mass is 739 g/mol. The highest BCUT2D eigenvalue weighted by molar-refractivity contribution is 6.25. The highest BCUT2D eigenvalue weighted by atomic mass is 16.3. The molecule has 1 aliphatic carbocycles. The van der Waals surface area contributed by atoms with Crippen molar-refractivity contribution in [1.29, 1.82) is 0 Å². The third-order valence-electron chi connectivity index (χ3n) is 12.7. The van der Waals surface area contributed by atoms with E-state index in [9.17, 15) is 0 Å². The predicted octanol–water partition coefficient (Wildman–Crippen LogP) is 15.5. The first-order chi connectivity index (χ1) is 28.6. The Balaban J connectivity index is 1.08. The molecule has 1 atom stereocenters. The summed E-state index contributed by atoms with van der Waals surface area (Å²) in [7, 11) is 0. The molecule has 1 aromatic heterocycles. The average Bonchev–Trinajstić information content (AvgIpc) is 3.80. The molecule has 0 bridgehead atoms. The Labute approximate surface area is 336 Å². The number of hydrogen-bond acceptors (Lipinski definition) is 2. The van der Waals surface area contributed by atoms with Crippen molar-refractivity contribution in [3.05, 3.63) is 223 Å². The summed E-state index contributed by atoms with van der Waals surface area (Å²) in [5.74, 6) is 0. The van der Waals surface area contributed by atoms with Crippen LogP contribution in [-0.2, 0) is 5.41 Å². The van der Waals surface area contributed by atoms with Crippen LogP contribution >= 0.6 is 0 Å². The summed E-state index contributed by atoms with van der Waals surface area (Å²) in [6.07, 6.45) is 0. The summed E-state index contributed by atoms with van der Waals surface area (Å²) in [4.78, 5) is 2.43. The number of hydrogen-bond donors (Lipinski definition) is 0. The highest BCUT2D eigenvalue weighted by Crippen LogP contribution is 2.54. The van der Waals surface area contributed by atoms with Crippen LogP contribution in [0.25, 0.3) is 76.5 Å². The zero-order chi connectivity index (χ0) is 38.4. The molecule has 0 fully saturated rings. The molecule has 0 amide bonds. The third-order valence-corrected chi connectivity index (χ3v) is 12.7. The van der Waals surface area contributed by atoms with E-state index < -0.39 is 0 Å². The fourth-order valence-electron chi connectivity index (χ4n) is 9.95. The first-order valence-electron chi connectivity index (χ1n) is 20.1. The summed E-state index contributed by atoms with van der Waals surface area (Å²) in [6.45, 7) is 2.39. The van der Waals surface area contributed by atoms with Crippen molar-refractivity contribution in [2.75, 3.05) is 4.90 Å². The van der Waals surface area contributed by atoms with Gasteiger partial charge in [0.2, 0.25) is 0 Å². The standard InChI is InChI=1S/C56H37NO/c1-56(37-14-3-2-4-15-37)52-24-11-9-20-47(52)48-33-31-40(35-53(48)56)57(39-30-32-46-44-18-6-5-16-42(44)43-17-7-8-19-45(43)51(46)34-39)38-28-26-36(27-29-38)41-22-13-23-50-49-21-10-12-25-54(49)58-55(41)50/h2-35H,1H3. The SMILES string of the molecule is CC1(c2ccccc2)c2ccccc2-c2ccc(N(c3ccc(-c4cccc5c4oc4ccccc45)cc3)c3ccc4c5ccccc5c5ccccc5c4c3)cc21. The molecule has 0 spiro atoms. The van der Waals surface area contributed by atoms with Crippen LogP contribution in [-0.4, -0.2) is 0 Å². The molecule has 2 nitrogen and oxygen atoms in total. The lowest BCUT2D eigenvalue weighted by Gasteiger charge is -2.31. The fraction of sp³-hybridized carbons (Fsp3) is 0.0357. The van der Waals surface area contributed by atoms with Gasteiger partial charge in [0.1, 0.15) is 11.2 Å². The first kappa shape index (κ1) is 32.8. The lowest BCUT2D eigenvalue weighted by atomic mass is 9.74. The van der Waals surface area contributed by atoms with Gasteiger partial charge in [-0.25, -0.2) is 0 Å². The van der Waals surface area contributed by atoms with Crippen LogP contribution in [0.5, 0.6) is 0 Å². The molecule has 0 saturated carbocycles. The largest absolute Gasteiger partial charge is 0.455 e. The van der Waals surface area contributed by atoms with Gasteiger partial charge in [-0.05, 0) is 115 Å². The van der Waals surface area contributed by atoms with E-state index in [1.807, 2.05) is 12.1 Å². The van der Waals surface area contributed by atoms with Gasteiger partial charge in [-0.2, -0.15) is 0 Å². The van der Waals surface area contributed by atoms with Crippen molar-refractivity contribution < 1.29 is 4.42 Å². The van der Waals surface area contributed by atoms with Crippen LogP contribution in [0.3, 0.4) is 0 Å². The summed E-state index contributed by atoms with van der Waals surface area (Å²) in [6, 6.07) is 75.4. The van der Waals surface area contributed by atoms with Gasteiger partial charge in [0.15, 0.2) is 0 Å². The maximum Gasteiger partial charge on any atom is 0.143 e. The molecule has 0 N–H and O–H groups in total. The van der Waals surface area contributed by atoms with Crippen molar-refractivity contribution in [3.63, 3.8) is 0 Å². The molecule has 0 radical (unpaired) electrons. The molecule has 0 aliphatic heterocycles. The zero-order valence-corrected chi connectivity index (χ0v) is 32.0. The van der Waals surface area contributed by atoms with Crippen LogP contribution in [0.4, 0.5) is 17.1 Å². The lowest BCUT2D eigenvalue weighted by molar-refractivity contribution is 0.670. The van der Waals surface area contributed by atoms with Gasteiger partial charge in [-0.1, -0.05) is 164 Å². The van der Waals surface area contributed by atoms with Gasteiger partial charge >= 0.3 is 0 Å². The second-order valence-corrected chi connectivity index (χ2v) is 15.8. The molecule has 10 aromatic carbocycles. The smallest absolute Gasteiger partial charge is 0.143 e. The van der Waals surface area contributed by atoms with Crippen LogP contribution in [0.2, 0.25) is 0 Å². The topological polar surface area (TPSA) is 16.4 Å². The van der Waals surface area contributed by atoms with Crippen LogP contribution in [0.1, 0.15) is 23.6 Å². The van der Waals surface area contributed by atoms with E-state index in [2.05, 4.69) is 206 Å². The molecular weight excluding hydrogens is 703 g/mol. The van der Waals surface area contributed by atoms with Gasteiger partial charge < -0.3 is 9.32 Å². The van der Waals surface area contributed by atoms with Crippen molar-refractivity contribution in [2.45, 2.75) is 12.3 Å². The summed E-state index contributed by atoms with van der Waals surface area (Å²) < 4.78 is 6.48. The Hall–Kier alpha value is -7.42. The molecular formula is C56H37NO. The van der Waals surface area contributed by atoms with E-state index in [-0.39, 0.29) is 5.41 Å². The molecule has 1 heterocycles. The summed E-state index contributed by atoms with van der Waals surface area (Å²) in [5.41, 5.74) is 13.6. The minimum Gasteiger partial charge on any atom is -0.455 e. The molecule has 11 aromatic rings. The van der Waals surface area contributed by atoms with E-state index in [1.54, 1.807) is 0 Å². The normalized spacial score (nSPS) is 14.7. The summed E-state index contributed by atoms with van der Waals surface area (Å²) >= 11 is 0. The number of anilines is 3. The minimum absolute atomic E-state index is 0.317. The number of furan rings is 1. The summed E-state index contributed by atoms with van der Waals surface area (Å²) in [5, 5.41) is 9.85. The number of nitrogens with zero attached hydrogens (tertiary/aromatic N) is 1. The van der Waals surface area contributed by atoms with Gasteiger partial charge in [0, 0.05) is 38.8 Å². The second kappa shape index (κ2) is 12.5. The second-order valence-electron chi connectivity index (χ2n) is 15.8. The Kier molecular flexibility index (Phi) is 7.09. The number of benzene rings is 10. The Morgan fingerprint density at radius 1 is 0.362 bits per heavy atom. The third kappa shape index (κ3) is 4.72. The first-order valence-corrected chi connectivity index (χ1v) is 20.1. The fourth-order valence-corrected chi connectivity index (χ4v) is 9.95. The van der Waals surface area contributed by atoms with Crippen molar-refractivity contribution in [2.24, 2.45) is 0 Å². The molecule has 12 rings (SSSR count). The quantitative estimate of drug-likeness (QED) is 0.163. The molecule has 1 unspecified atom stereocenters. The molecule has 0 saturated heterocycles. The maximum absolute atomic E-state index is 6.48.